The summed E-state index contributed by atoms with van der Waals surface area (Å²) >= 11 is 3.19. The Balaban J connectivity index is 2.59. The predicted molar refractivity (Wildman–Crippen MR) is 55.0 cm³/mol. The van der Waals surface area contributed by atoms with Gasteiger partial charge in [0.15, 0.2) is 6.29 Å². The molecular weight excluding hydrogens is 265 g/mol. The number of carbonyl (C=O) groups excluding carboxylic acids is 1. The van der Waals surface area contributed by atoms with Crippen LogP contribution in [0.5, 0.6) is 0 Å². The quantitative estimate of drug-likeness (QED) is 0.787. The summed E-state index contributed by atoms with van der Waals surface area (Å²) in [5.41, 5.74) is 1.35. The Hall–Kier alpha value is -1.49. The molecular formula is C10H5BrFNO2. The van der Waals surface area contributed by atoms with E-state index in [0.717, 1.165) is 0 Å². The van der Waals surface area contributed by atoms with Crippen molar-refractivity contribution in [3.63, 3.8) is 0 Å². The second-order valence-corrected chi connectivity index (χ2v) is 3.71. The first-order chi connectivity index (χ1) is 7.22. The van der Waals surface area contributed by atoms with Crippen molar-refractivity contribution in [1.82, 2.24) is 5.16 Å². The molecule has 0 spiro atoms. The lowest BCUT2D eigenvalue weighted by atomic mass is 10.1. The van der Waals surface area contributed by atoms with Crippen molar-refractivity contribution in [2.24, 2.45) is 0 Å². The summed E-state index contributed by atoms with van der Waals surface area (Å²) in [5.74, 6) is -0.359. The van der Waals surface area contributed by atoms with Crippen molar-refractivity contribution >= 4 is 22.2 Å². The van der Waals surface area contributed by atoms with Crippen LogP contribution in [0.2, 0.25) is 0 Å². The van der Waals surface area contributed by atoms with E-state index in [9.17, 15) is 9.18 Å². The standard InChI is InChI=1S/C10H5BrFNO2/c11-9-3-7(12)1-2-8(9)10-6(4-14)5-15-13-10/h1-5H. The van der Waals surface area contributed by atoms with Crippen molar-refractivity contribution in [3.8, 4) is 11.3 Å². The lowest BCUT2D eigenvalue weighted by Crippen LogP contribution is -1.86. The lowest BCUT2D eigenvalue weighted by Gasteiger charge is -2.00. The molecule has 0 aliphatic heterocycles. The highest BCUT2D eigenvalue weighted by molar-refractivity contribution is 9.10. The maximum absolute atomic E-state index is 12.8. The molecule has 15 heavy (non-hydrogen) atoms. The molecule has 0 bridgehead atoms. The minimum Gasteiger partial charge on any atom is -0.363 e. The van der Waals surface area contributed by atoms with Gasteiger partial charge in [-0.25, -0.2) is 4.39 Å². The predicted octanol–water partition coefficient (Wildman–Crippen LogP) is 3.06. The second-order valence-electron chi connectivity index (χ2n) is 2.86. The number of halogens is 2. The first kappa shape index (κ1) is 10.0. The van der Waals surface area contributed by atoms with Crippen molar-refractivity contribution in [1.29, 1.82) is 0 Å². The van der Waals surface area contributed by atoms with Crippen LogP contribution in [0, 0.1) is 5.82 Å². The van der Waals surface area contributed by atoms with Crippen LogP contribution in [-0.4, -0.2) is 11.4 Å². The van der Waals surface area contributed by atoms with Gasteiger partial charge in [0.2, 0.25) is 0 Å². The number of carbonyl (C=O) groups is 1. The van der Waals surface area contributed by atoms with Crippen LogP contribution in [0.1, 0.15) is 10.4 Å². The summed E-state index contributed by atoms with van der Waals surface area (Å²) in [6, 6.07) is 4.13. The average molecular weight is 270 g/mol. The molecule has 0 saturated carbocycles. The molecule has 0 fully saturated rings. The van der Waals surface area contributed by atoms with Gasteiger partial charge in [0.25, 0.3) is 0 Å². The van der Waals surface area contributed by atoms with Crippen molar-refractivity contribution in [2.75, 3.05) is 0 Å². The van der Waals surface area contributed by atoms with Gasteiger partial charge in [-0.2, -0.15) is 0 Å². The van der Waals surface area contributed by atoms with Gasteiger partial charge in [-0.05, 0) is 34.1 Å². The normalized spacial score (nSPS) is 10.3. The SMILES string of the molecule is O=Cc1conc1-c1ccc(F)cc1Br. The van der Waals surface area contributed by atoms with E-state index >= 15 is 0 Å². The molecule has 1 aromatic heterocycles. The molecule has 2 aromatic rings. The highest BCUT2D eigenvalue weighted by Crippen LogP contribution is 2.29. The summed E-state index contributed by atoms with van der Waals surface area (Å²) in [6.45, 7) is 0. The Bertz CT molecular complexity index is 510. The molecule has 0 saturated heterocycles. The van der Waals surface area contributed by atoms with Crippen LogP contribution in [0.3, 0.4) is 0 Å². The van der Waals surface area contributed by atoms with Gasteiger partial charge in [-0.3, -0.25) is 4.79 Å². The number of nitrogens with zero attached hydrogens (tertiary/aromatic N) is 1. The van der Waals surface area contributed by atoms with E-state index in [1.54, 1.807) is 0 Å². The number of hydrogen-bond acceptors (Lipinski definition) is 3. The van der Waals surface area contributed by atoms with Crippen LogP contribution in [0.4, 0.5) is 4.39 Å². The van der Waals surface area contributed by atoms with Gasteiger partial charge in [0.05, 0.1) is 5.56 Å². The molecule has 0 atom stereocenters. The molecule has 2 rings (SSSR count). The number of hydrogen-bond donors (Lipinski definition) is 0. The molecule has 76 valence electrons. The molecule has 0 N–H and O–H groups in total. The van der Waals surface area contributed by atoms with E-state index in [2.05, 4.69) is 25.6 Å². The summed E-state index contributed by atoms with van der Waals surface area (Å²) in [6.07, 6.45) is 1.89. The molecule has 0 radical (unpaired) electrons. The minimum atomic E-state index is -0.359. The minimum absolute atomic E-state index is 0.335. The smallest absolute Gasteiger partial charge is 0.155 e. The summed E-state index contributed by atoms with van der Waals surface area (Å²) in [7, 11) is 0. The number of aromatic nitrogens is 1. The first-order valence-electron chi connectivity index (χ1n) is 4.07. The molecule has 3 nitrogen and oxygen atoms in total. The van der Waals surface area contributed by atoms with Gasteiger partial charge < -0.3 is 4.52 Å². The van der Waals surface area contributed by atoms with Gasteiger partial charge >= 0.3 is 0 Å². The number of benzene rings is 1. The van der Waals surface area contributed by atoms with E-state index in [1.165, 1.54) is 24.5 Å². The molecule has 0 unspecified atom stereocenters. The lowest BCUT2D eigenvalue weighted by molar-refractivity contribution is 0.112. The van der Waals surface area contributed by atoms with Crippen LogP contribution in [0.15, 0.2) is 33.5 Å². The van der Waals surface area contributed by atoms with Gasteiger partial charge in [-0.1, -0.05) is 5.16 Å². The Morgan fingerprint density at radius 1 is 1.47 bits per heavy atom. The summed E-state index contributed by atoms with van der Waals surface area (Å²) < 4.78 is 18.0. The maximum atomic E-state index is 12.8. The van der Waals surface area contributed by atoms with Crippen LogP contribution in [0.25, 0.3) is 11.3 Å². The average Bonchev–Trinajstić information content (AvgIpc) is 2.65. The van der Waals surface area contributed by atoms with E-state index in [0.29, 0.717) is 27.6 Å². The third-order valence-electron chi connectivity index (χ3n) is 1.91. The Labute approximate surface area is 93.0 Å². The third-order valence-corrected chi connectivity index (χ3v) is 2.57. The third kappa shape index (κ3) is 1.83. The van der Waals surface area contributed by atoms with E-state index in [-0.39, 0.29) is 5.82 Å². The zero-order valence-electron chi connectivity index (χ0n) is 7.41. The topological polar surface area (TPSA) is 43.1 Å². The largest absolute Gasteiger partial charge is 0.363 e. The fourth-order valence-corrected chi connectivity index (χ4v) is 1.75. The summed E-state index contributed by atoms with van der Waals surface area (Å²) in [5, 5.41) is 3.69. The fourth-order valence-electron chi connectivity index (χ4n) is 1.21. The molecule has 0 aliphatic rings. The maximum Gasteiger partial charge on any atom is 0.155 e. The zero-order valence-corrected chi connectivity index (χ0v) is 8.99. The summed E-state index contributed by atoms with van der Waals surface area (Å²) in [4.78, 5) is 10.7. The van der Waals surface area contributed by atoms with E-state index < -0.39 is 0 Å². The molecule has 0 amide bonds. The Kier molecular flexibility index (Phi) is 2.64. The first-order valence-corrected chi connectivity index (χ1v) is 4.86. The highest BCUT2D eigenvalue weighted by Gasteiger charge is 2.12. The Morgan fingerprint density at radius 3 is 2.93 bits per heavy atom. The monoisotopic (exact) mass is 269 g/mol. The molecule has 5 heteroatoms. The molecule has 1 aromatic carbocycles. The molecule has 1 heterocycles. The number of aldehydes is 1. The van der Waals surface area contributed by atoms with Crippen molar-refractivity contribution in [2.45, 2.75) is 0 Å². The number of rotatable bonds is 2. The van der Waals surface area contributed by atoms with Gasteiger partial charge in [0, 0.05) is 10.0 Å². The van der Waals surface area contributed by atoms with Gasteiger partial charge in [0.1, 0.15) is 17.8 Å². The van der Waals surface area contributed by atoms with E-state index in [1.807, 2.05) is 0 Å². The zero-order chi connectivity index (χ0) is 10.8. The highest BCUT2D eigenvalue weighted by atomic mass is 79.9. The van der Waals surface area contributed by atoms with Crippen LogP contribution < -0.4 is 0 Å². The fraction of sp³-hybridized carbons (Fsp3) is 0. The van der Waals surface area contributed by atoms with E-state index in [4.69, 9.17) is 0 Å². The second kappa shape index (κ2) is 3.94. The van der Waals surface area contributed by atoms with Crippen LogP contribution in [-0.2, 0) is 0 Å². The Morgan fingerprint density at radius 2 is 2.27 bits per heavy atom. The van der Waals surface area contributed by atoms with Crippen LogP contribution >= 0.6 is 15.9 Å². The van der Waals surface area contributed by atoms with Crippen molar-refractivity contribution < 1.29 is 13.7 Å². The van der Waals surface area contributed by atoms with Gasteiger partial charge in [-0.15, -0.1) is 0 Å². The van der Waals surface area contributed by atoms with Crippen molar-refractivity contribution in [3.05, 3.63) is 40.3 Å². The molecule has 0 aliphatic carbocycles.